The van der Waals surface area contributed by atoms with E-state index in [4.69, 9.17) is 4.65 Å². The summed E-state index contributed by atoms with van der Waals surface area (Å²) in [4.78, 5) is 7.42. The summed E-state index contributed by atoms with van der Waals surface area (Å²) in [7, 11) is -4.21. The third-order valence-electron chi connectivity index (χ3n) is 5.83. The van der Waals surface area contributed by atoms with Gasteiger partial charge in [0, 0.05) is 23.2 Å². The molecule has 0 atom stereocenters. The zero-order valence-electron chi connectivity index (χ0n) is 14.9. The zero-order valence-corrected chi connectivity index (χ0v) is 15.7. The van der Waals surface area contributed by atoms with E-state index in [0.29, 0.717) is 11.7 Å². The van der Waals surface area contributed by atoms with Gasteiger partial charge < -0.3 is 14.7 Å². The molecule has 2 fully saturated rings. The lowest BCUT2D eigenvalue weighted by Gasteiger charge is -2.39. The molecular weight excluding hydrogens is 365 g/mol. The van der Waals surface area contributed by atoms with Gasteiger partial charge in [-0.2, -0.15) is 0 Å². The third-order valence-corrected chi connectivity index (χ3v) is 7.29. The molecule has 0 radical (unpaired) electrons. The number of aromatic nitrogens is 2. The van der Waals surface area contributed by atoms with Crippen LogP contribution in [-0.2, 0) is 10.0 Å². The first-order valence-electron chi connectivity index (χ1n) is 9.51. The minimum Gasteiger partial charge on any atom is -0.531 e. The first-order valence-corrected chi connectivity index (χ1v) is 11.2. The number of nitrogens with zero attached hydrogens (tertiary/aromatic N) is 1. The van der Waals surface area contributed by atoms with Crippen LogP contribution in [0.25, 0.3) is 16.6 Å². The summed E-state index contributed by atoms with van der Waals surface area (Å²) in [6, 6.07) is 1.92. The highest BCUT2D eigenvalue weighted by Crippen LogP contribution is 2.46. The van der Waals surface area contributed by atoms with Crippen molar-refractivity contribution in [3.63, 3.8) is 0 Å². The Balaban J connectivity index is 1.31. The van der Waals surface area contributed by atoms with Crippen molar-refractivity contribution in [2.45, 2.75) is 38.1 Å². The molecule has 2 saturated carbocycles. The topological polar surface area (TPSA) is 104 Å². The van der Waals surface area contributed by atoms with Crippen LogP contribution in [0, 0.1) is 11.8 Å². The van der Waals surface area contributed by atoms with Gasteiger partial charge in [-0.1, -0.05) is 12.8 Å². The summed E-state index contributed by atoms with van der Waals surface area (Å²) in [5.41, 5.74) is 2.74. The Labute approximate surface area is 158 Å². The molecule has 3 N–H and O–H groups in total. The zero-order chi connectivity index (χ0) is 18.6. The molecule has 7 nitrogen and oxygen atoms in total. The van der Waals surface area contributed by atoms with Gasteiger partial charge in [-0.05, 0) is 48.7 Å². The van der Waals surface area contributed by atoms with Gasteiger partial charge in [0.1, 0.15) is 11.4 Å². The minimum atomic E-state index is -3.21. The van der Waals surface area contributed by atoms with E-state index in [9.17, 15) is 13.4 Å². The number of hydrogen-bond donors (Lipinski definition) is 3. The molecule has 2 aliphatic carbocycles. The van der Waals surface area contributed by atoms with Crippen molar-refractivity contribution in [1.82, 2.24) is 14.7 Å². The van der Waals surface area contributed by atoms with Crippen LogP contribution in [0.5, 0.6) is 5.75 Å². The number of H-pyrrole nitrogens is 1. The predicted molar refractivity (Wildman–Crippen MR) is 103 cm³/mol. The fourth-order valence-electron chi connectivity index (χ4n) is 4.13. The second-order valence-electron chi connectivity index (χ2n) is 7.90. The molecule has 1 aliphatic heterocycles. The van der Waals surface area contributed by atoms with Crippen LogP contribution >= 0.6 is 0 Å². The summed E-state index contributed by atoms with van der Waals surface area (Å²) in [6.45, 7) is 0. The van der Waals surface area contributed by atoms with Crippen molar-refractivity contribution in [1.29, 1.82) is 0 Å². The van der Waals surface area contributed by atoms with Crippen molar-refractivity contribution >= 4 is 33.7 Å². The van der Waals surface area contributed by atoms with Gasteiger partial charge in [-0.3, -0.25) is 0 Å². The second-order valence-corrected chi connectivity index (χ2v) is 9.78. The average Bonchev–Trinajstić information content (AvgIpc) is 3.30. The summed E-state index contributed by atoms with van der Waals surface area (Å²) < 4.78 is 32.8. The molecule has 2 aromatic rings. The highest BCUT2D eigenvalue weighted by molar-refractivity contribution is 7.89. The van der Waals surface area contributed by atoms with E-state index in [-0.39, 0.29) is 17.7 Å². The fourth-order valence-corrected chi connectivity index (χ4v) is 5.59. The monoisotopic (exact) mass is 387 g/mol. The van der Waals surface area contributed by atoms with E-state index in [0.717, 1.165) is 41.4 Å². The molecule has 2 aromatic heterocycles. The molecule has 142 valence electrons. The number of sulfonamides is 1. The molecule has 0 aromatic carbocycles. The van der Waals surface area contributed by atoms with E-state index in [1.54, 1.807) is 12.2 Å². The summed E-state index contributed by atoms with van der Waals surface area (Å²) in [5, 5.41) is 11.0. The van der Waals surface area contributed by atoms with E-state index in [1.807, 2.05) is 12.3 Å². The number of nitrogens with one attached hydrogen (secondary N) is 2. The standard InChI is InChI=1S/C18H22BN3O4S/c23-19-9-15(17-14-3-5-20-18(14)21-10-16(17)26-19)12-7-13(8-12)22-27(24,25)6-4-11-1-2-11/h3,5,9-13,22-23H,1-2,4,6-8H2,(H,20,21). The first kappa shape index (κ1) is 17.3. The van der Waals surface area contributed by atoms with E-state index in [2.05, 4.69) is 14.7 Å². The Hall–Kier alpha value is -1.84. The van der Waals surface area contributed by atoms with Crippen LogP contribution in [0.15, 0.2) is 24.4 Å². The summed E-state index contributed by atoms with van der Waals surface area (Å²) in [5.74, 6) is 3.34. The average molecular weight is 387 g/mol. The third kappa shape index (κ3) is 3.39. The van der Waals surface area contributed by atoms with Crippen molar-refractivity contribution in [3.8, 4) is 5.75 Å². The number of rotatable bonds is 6. The van der Waals surface area contributed by atoms with Crippen molar-refractivity contribution in [3.05, 3.63) is 30.0 Å². The Kier molecular flexibility index (Phi) is 4.07. The molecule has 0 unspecified atom stereocenters. The van der Waals surface area contributed by atoms with Crippen LogP contribution in [0.4, 0.5) is 0 Å². The smallest absolute Gasteiger partial charge is 0.531 e. The fraction of sp³-hybridized carbons (Fsp3) is 0.500. The molecular formula is C18H22BN3O4S. The number of aromatic amines is 1. The van der Waals surface area contributed by atoms with Crippen LogP contribution in [0.1, 0.15) is 37.7 Å². The maximum atomic E-state index is 12.2. The molecule has 3 heterocycles. The number of pyridine rings is 1. The van der Waals surface area contributed by atoms with Crippen molar-refractivity contribution in [2.24, 2.45) is 11.8 Å². The Morgan fingerprint density at radius 2 is 2.19 bits per heavy atom. The van der Waals surface area contributed by atoms with Gasteiger partial charge in [0.15, 0.2) is 0 Å². The molecule has 3 aliphatic rings. The van der Waals surface area contributed by atoms with Gasteiger partial charge in [-0.15, -0.1) is 0 Å². The molecule has 0 amide bonds. The molecule has 5 rings (SSSR count). The normalized spacial score (nSPS) is 24.9. The van der Waals surface area contributed by atoms with Gasteiger partial charge in [-0.25, -0.2) is 18.1 Å². The summed E-state index contributed by atoms with van der Waals surface area (Å²) >= 11 is 0. The molecule has 27 heavy (non-hydrogen) atoms. The van der Waals surface area contributed by atoms with Crippen LogP contribution in [-0.4, -0.2) is 42.3 Å². The van der Waals surface area contributed by atoms with Crippen molar-refractivity contribution < 1.29 is 18.1 Å². The van der Waals surface area contributed by atoms with E-state index >= 15 is 0 Å². The largest absolute Gasteiger partial charge is 0.552 e. The highest BCUT2D eigenvalue weighted by Gasteiger charge is 2.39. The Morgan fingerprint density at radius 1 is 1.37 bits per heavy atom. The maximum Gasteiger partial charge on any atom is 0.552 e. The molecule has 0 saturated heterocycles. The van der Waals surface area contributed by atoms with Crippen LogP contribution < -0.4 is 9.38 Å². The molecule has 9 heteroatoms. The van der Waals surface area contributed by atoms with Crippen molar-refractivity contribution in [2.75, 3.05) is 5.75 Å². The summed E-state index contributed by atoms with van der Waals surface area (Å²) in [6.07, 6.45) is 8.03. The number of fused-ring (bicyclic) bond motifs is 3. The lowest BCUT2D eigenvalue weighted by molar-refractivity contribution is 0.308. The molecule has 0 bridgehead atoms. The lowest BCUT2D eigenvalue weighted by Crippen LogP contribution is -2.45. The second kappa shape index (κ2) is 6.36. The van der Waals surface area contributed by atoms with E-state index in [1.165, 1.54) is 12.8 Å². The van der Waals surface area contributed by atoms with E-state index < -0.39 is 17.1 Å². The van der Waals surface area contributed by atoms with Gasteiger partial charge in [0.2, 0.25) is 10.0 Å². The van der Waals surface area contributed by atoms with Gasteiger partial charge >= 0.3 is 7.12 Å². The number of hydrogen-bond acceptors (Lipinski definition) is 5. The SMILES string of the molecule is O=S(=O)(CCC1CC1)NC1CC(C2=CB(O)Oc3cnc4[nH]ccc4c32)C1. The van der Waals surface area contributed by atoms with Crippen LogP contribution in [0.3, 0.4) is 0 Å². The highest BCUT2D eigenvalue weighted by atomic mass is 32.2. The lowest BCUT2D eigenvalue weighted by atomic mass is 9.68. The Bertz CT molecular complexity index is 1010. The predicted octanol–water partition coefficient (Wildman–Crippen LogP) is 1.86. The quantitative estimate of drug-likeness (QED) is 0.657. The Morgan fingerprint density at radius 3 is 2.96 bits per heavy atom. The first-order chi connectivity index (χ1) is 13.0. The van der Waals surface area contributed by atoms with Crippen LogP contribution in [0.2, 0.25) is 0 Å². The molecule has 0 spiro atoms. The number of allylic oxidation sites excluding steroid dienone is 1. The van der Waals surface area contributed by atoms with Gasteiger partial charge in [0.05, 0.1) is 11.9 Å². The maximum absolute atomic E-state index is 12.2. The minimum absolute atomic E-state index is 0.0351. The van der Waals surface area contributed by atoms with Gasteiger partial charge in [0.25, 0.3) is 0 Å².